The Morgan fingerprint density at radius 3 is 2.40 bits per heavy atom. The van der Waals surface area contributed by atoms with Crippen molar-refractivity contribution in [1.82, 2.24) is 0 Å². The van der Waals surface area contributed by atoms with Gasteiger partial charge in [-0.2, -0.15) is 0 Å². The van der Waals surface area contributed by atoms with Crippen molar-refractivity contribution in [3.05, 3.63) is 57.9 Å². The van der Waals surface area contributed by atoms with Crippen LogP contribution >= 0.6 is 11.6 Å². The number of rotatable bonds is 1. The molecule has 0 aliphatic rings. The van der Waals surface area contributed by atoms with Crippen molar-refractivity contribution < 1.29 is 14.6 Å². The SMILES string of the molecule is O=c1oc2c(O)c(O)ccc2cc1-c1ccc(Cl)cc1. The molecular weight excluding hydrogens is 280 g/mol. The molecule has 2 aromatic carbocycles. The van der Waals surface area contributed by atoms with Gasteiger partial charge >= 0.3 is 5.63 Å². The first-order valence-corrected chi connectivity index (χ1v) is 6.19. The third kappa shape index (κ3) is 2.00. The number of aromatic hydroxyl groups is 2. The Balaban J connectivity index is 2.28. The highest BCUT2D eigenvalue weighted by Gasteiger charge is 2.12. The second-order valence-corrected chi connectivity index (χ2v) is 4.74. The van der Waals surface area contributed by atoms with Gasteiger partial charge < -0.3 is 14.6 Å². The zero-order valence-electron chi connectivity index (χ0n) is 10.1. The summed E-state index contributed by atoms with van der Waals surface area (Å²) < 4.78 is 5.09. The molecule has 3 aromatic rings. The van der Waals surface area contributed by atoms with Crippen LogP contribution in [0.25, 0.3) is 22.1 Å². The summed E-state index contributed by atoms with van der Waals surface area (Å²) in [4.78, 5) is 12.0. The predicted octanol–water partition coefficient (Wildman–Crippen LogP) is 3.52. The maximum Gasteiger partial charge on any atom is 0.344 e. The highest BCUT2D eigenvalue weighted by Crippen LogP contribution is 2.34. The first-order valence-electron chi connectivity index (χ1n) is 5.81. The first-order chi connectivity index (χ1) is 9.56. The average Bonchev–Trinajstić information content (AvgIpc) is 2.44. The molecule has 100 valence electrons. The highest BCUT2D eigenvalue weighted by molar-refractivity contribution is 6.30. The van der Waals surface area contributed by atoms with E-state index in [0.717, 1.165) is 0 Å². The standard InChI is InChI=1S/C15H9ClO4/c16-10-4-1-8(2-5-10)11-7-9-3-6-12(17)13(18)14(9)20-15(11)19/h1-7,17-18H. The lowest BCUT2D eigenvalue weighted by Crippen LogP contribution is -2.02. The lowest BCUT2D eigenvalue weighted by atomic mass is 10.1. The molecule has 0 saturated carbocycles. The minimum Gasteiger partial charge on any atom is -0.504 e. The van der Waals surface area contributed by atoms with E-state index in [0.29, 0.717) is 21.5 Å². The molecule has 0 radical (unpaired) electrons. The van der Waals surface area contributed by atoms with Gasteiger partial charge in [-0.3, -0.25) is 0 Å². The molecule has 5 heteroatoms. The second-order valence-electron chi connectivity index (χ2n) is 4.31. The van der Waals surface area contributed by atoms with Gasteiger partial charge in [0, 0.05) is 10.4 Å². The van der Waals surface area contributed by atoms with Crippen LogP contribution in [0.4, 0.5) is 0 Å². The Bertz CT molecular complexity index is 850. The summed E-state index contributed by atoms with van der Waals surface area (Å²) in [6, 6.07) is 11.3. The fourth-order valence-corrected chi connectivity index (χ4v) is 2.12. The number of phenolic OH excluding ortho intramolecular Hbond substituents is 2. The van der Waals surface area contributed by atoms with E-state index in [-0.39, 0.29) is 11.3 Å². The average molecular weight is 289 g/mol. The quantitative estimate of drug-likeness (QED) is 0.531. The Morgan fingerprint density at radius 1 is 1.00 bits per heavy atom. The fraction of sp³-hybridized carbons (Fsp3) is 0. The van der Waals surface area contributed by atoms with Crippen LogP contribution in [0.5, 0.6) is 11.5 Å². The maximum absolute atomic E-state index is 12.0. The Hall–Kier alpha value is -2.46. The van der Waals surface area contributed by atoms with Crippen molar-refractivity contribution in [2.24, 2.45) is 0 Å². The molecule has 0 amide bonds. The number of phenols is 2. The number of fused-ring (bicyclic) bond motifs is 1. The molecule has 20 heavy (non-hydrogen) atoms. The van der Waals surface area contributed by atoms with Crippen LogP contribution in [0.15, 0.2) is 51.7 Å². The second kappa shape index (κ2) is 4.58. The number of hydrogen-bond acceptors (Lipinski definition) is 4. The van der Waals surface area contributed by atoms with Crippen molar-refractivity contribution in [2.45, 2.75) is 0 Å². The topological polar surface area (TPSA) is 70.7 Å². The number of hydrogen-bond donors (Lipinski definition) is 2. The Labute approximate surface area is 118 Å². The Kier molecular flexibility index (Phi) is 2.88. The maximum atomic E-state index is 12.0. The predicted molar refractivity (Wildman–Crippen MR) is 76.3 cm³/mol. The van der Waals surface area contributed by atoms with E-state index in [1.54, 1.807) is 36.4 Å². The van der Waals surface area contributed by atoms with Gasteiger partial charge in [-0.15, -0.1) is 0 Å². The molecule has 0 bridgehead atoms. The van der Waals surface area contributed by atoms with Crippen LogP contribution in [0.2, 0.25) is 5.02 Å². The minimum absolute atomic E-state index is 0.0345. The zero-order chi connectivity index (χ0) is 14.3. The van der Waals surface area contributed by atoms with Crippen molar-refractivity contribution in [1.29, 1.82) is 0 Å². The molecular formula is C15H9ClO4. The van der Waals surface area contributed by atoms with Crippen LogP contribution < -0.4 is 5.63 Å². The van der Waals surface area contributed by atoms with Crippen molar-refractivity contribution in [3.63, 3.8) is 0 Å². The van der Waals surface area contributed by atoms with Gasteiger partial charge in [0.25, 0.3) is 0 Å². The lowest BCUT2D eigenvalue weighted by molar-refractivity contribution is 0.398. The molecule has 0 unspecified atom stereocenters. The van der Waals surface area contributed by atoms with E-state index in [9.17, 15) is 15.0 Å². The molecule has 0 atom stereocenters. The summed E-state index contributed by atoms with van der Waals surface area (Å²) in [6.07, 6.45) is 0. The van der Waals surface area contributed by atoms with Crippen LogP contribution in [0, 0.1) is 0 Å². The van der Waals surface area contributed by atoms with Gasteiger partial charge in [0.15, 0.2) is 11.3 Å². The van der Waals surface area contributed by atoms with E-state index in [2.05, 4.69) is 0 Å². The van der Waals surface area contributed by atoms with Gasteiger partial charge in [0.1, 0.15) is 0 Å². The summed E-state index contributed by atoms with van der Waals surface area (Å²) in [5, 5.41) is 20.2. The zero-order valence-corrected chi connectivity index (χ0v) is 10.9. The highest BCUT2D eigenvalue weighted by atomic mass is 35.5. The van der Waals surface area contributed by atoms with Crippen molar-refractivity contribution in [3.8, 4) is 22.6 Å². The third-order valence-electron chi connectivity index (χ3n) is 3.01. The molecule has 0 aliphatic carbocycles. The van der Waals surface area contributed by atoms with Crippen LogP contribution in [0.3, 0.4) is 0 Å². The normalized spacial score (nSPS) is 10.8. The van der Waals surface area contributed by atoms with E-state index in [1.807, 2.05) is 0 Å². The number of halogens is 1. The molecule has 0 saturated heterocycles. The molecule has 0 spiro atoms. The molecule has 1 heterocycles. The van der Waals surface area contributed by atoms with Gasteiger partial charge in [-0.1, -0.05) is 23.7 Å². The van der Waals surface area contributed by atoms with Gasteiger partial charge in [0.2, 0.25) is 5.75 Å². The summed E-state index contributed by atoms with van der Waals surface area (Å²) in [5.41, 5.74) is 0.394. The first kappa shape index (κ1) is 12.6. The molecule has 4 nitrogen and oxygen atoms in total. The summed E-state index contributed by atoms with van der Waals surface area (Å²) in [7, 11) is 0. The van der Waals surface area contributed by atoms with Gasteiger partial charge in [0.05, 0.1) is 5.56 Å². The molecule has 3 rings (SSSR count). The van der Waals surface area contributed by atoms with Crippen molar-refractivity contribution >= 4 is 22.6 Å². The van der Waals surface area contributed by atoms with Crippen molar-refractivity contribution in [2.75, 3.05) is 0 Å². The number of benzene rings is 2. The molecule has 0 fully saturated rings. The molecule has 1 aromatic heterocycles. The van der Waals surface area contributed by atoms with E-state index < -0.39 is 11.4 Å². The van der Waals surface area contributed by atoms with Gasteiger partial charge in [-0.25, -0.2) is 4.79 Å². The van der Waals surface area contributed by atoms with Crippen LogP contribution in [-0.2, 0) is 0 Å². The third-order valence-corrected chi connectivity index (χ3v) is 3.26. The summed E-state index contributed by atoms with van der Waals surface area (Å²) in [6.45, 7) is 0. The molecule has 0 aliphatic heterocycles. The van der Waals surface area contributed by atoms with E-state index >= 15 is 0 Å². The summed E-state index contributed by atoms with van der Waals surface area (Å²) in [5.74, 6) is -0.776. The smallest absolute Gasteiger partial charge is 0.344 e. The monoisotopic (exact) mass is 288 g/mol. The lowest BCUT2D eigenvalue weighted by Gasteiger charge is -2.05. The molecule has 2 N–H and O–H groups in total. The van der Waals surface area contributed by atoms with Gasteiger partial charge in [-0.05, 0) is 35.9 Å². The van der Waals surface area contributed by atoms with Crippen LogP contribution in [0.1, 0.15) is 0 Å². The van der Waals surface area contributed by atoms with E-state index in [1.165, 1.54) is 6.07 Å². The fourth-order valence-electron chi connectivity index (χ4n) is 1.99. The van der Waals surface area contributed by atoms with E-state index in [4.69, 9.17) is 16.0 Å². The summed E-state index contributed by atoms with van der Waals surface area (Å²) >= 11 is 5.81. The van der Waals surface area contributed by atoms with Crippen LogP contribution in [-0.4, -0.2) is 10.2 Å². The Morgan fingerprint density at radius 2 is 1.70 bits per heavy atom. The minimum atomic E-state index is -0.597. The largest absolute Gasteiger partial charge is 0.504 e.